The van der Waals surface area contributed by atoms with Crippen molar-refractivity contribution in [1.82, 2.24) is 5.32 Å². The monoisotopic (exact) mass is 431 g/mol. The van der Waals surface area contributed by atoms with E-state index in [1.165, 1.54) is 0 Å². The minimum absolute atomic E-state index is 0.00833. The van der Waals surface area contributed by atoms with E-state index in [9.17, 15) is 23.5 Å². The summed E-state index contributed by atoms with van der Waals surface area (Å²) < 4.78 is 38.4. The van der Waals surface area contributed by atoms with Crippen molar-refractivity contribution < 1.29 is 32.8 Å². The smallest absolute Gasteiger partial charge is 0.480 e. The topological polar surface area (TPSA) is 84.9 Å². The van der Waals surface area contributed by atoms with Crippen molar-refractivity contribution in [2.24, 2.45) is 0 Å². The minimum Gasteiger partial charge on any atom is -0.480 e. The van der Waals surface area contributed by atoms with E-state index in [4.69, 9.17) is 9.31 Å². The highest BCUT2D eigenvalue weighted by Gasteiger charge is 2.51. The first kappa shape index (κ1) is 22.9. The first-order chi connectivity index (χ1) is 14.4. The third-order valence-corrected chi connectivity index (χ3v) is 5.73. The largest absolute Gasteiger partial charge is 0.494 e. The van der Waals surface area contributed by atoms with E-state index in [0.717, 1.165) is 23.7 Å². The van der Waals surface area contributed by atoms with Crippen LogP contribution in [0.3, 0.4) is 0 Å². The van der Waals surface area contributed by atoms with Crippen molar-refractivity contribution in [3.63, 3.8) is 0 Å². The quantitative estimate of drug-likeness (QED) is 0.688. The zero-order valence-corrected chi connectivity index (χ0v) is 17.7. The molecule has 0 bridgehead atoms. The summed E-state index contributed by atoms with van der Waals surface area (Å²) in [6, 6.07) is 8.42. The predicted molar refractivity (Wildman–Crippen MR) is 111 cm³/mol. The summed E-state index contributed by atoms with van der Waals surface area (Å²) in [6.07, 6.45) is 0.00833. The highest BCUT2D eigenvalue weighted by atomic mass is 19.2. The van der Waals surface area contributed by atoms with Gasteiger partial charge in [0.2, 0.25) is 0 Å². The Morgan fingerprint density at radius 1 is 1.00 bits per heavy atom. The second-order valence-corrected chi connectivity index (χ2v) is 8.53. The van der Waals surface area contributed by atoms with Gasteiger partial charge in [0.05, 0.1) is 11.2 Å². The maximum atomic E-state index is 13.4. The van der Waals surface area contributed by atoms with E-state index in [0.29, 0.717) is 5.56 Å². The van der Waals surface area contributed by atoms with E-state index in [1.807, 2.05) is 27.7 Å². The van der Waals surface area contributed by atoms with Crippen LogP contribution in [0.1, 0.15) is 43.6 Å². The molecule has 6 nitrogen and oxygen atoms in total. The predicted octanol–water partition coefficient (Wildman–Crippen LogP) is 2.69. The summed E-state index contributed by atoms with van der Waals surface area (Å²) in [6.45, 7) is 7.81. The number of hydrogen-bond acceptors (Lipinski definition) is 4. The molecule has 1 atom stereocenters. The molecule has 2 aromatic carbocycles. The van der Waals surface area contributed by atoms with Crippen LogP contribution in [0.2, 0.25) is 0 Å². The van der Waals surface area contributed by atoms with Gasteiger partial charge in [0, 0.05) is 12.0 Å². The van der Waals surface area contributed by atoms with E-state index in [1.54, 1.807) is 24.3 Å². The molecule has 164 valence electrons. The summed E-state index contributed by atoms with van der Waals surface area (Å²) in [4.78, 5) is 23.9. The number of carboxylic acids is 1. The Balaban J connectivity index is 1.68. The highest BCUT2D eigenvalue weighted by molar-refractivity contribution is 6.62. The second-order valence-electron chi connectivity index (χ2n) is 8.53. The van der Waals surface area contributed by atoms with Gasteiger partial charge in [-0.3, -0.25) is 4.79 Å². The molecule has 3 rings (SSSR count). The SMILES string of the molecule is CC1(C)OB(c2ccc(C[C@H](NC(=O)c3ccc(F)c(F)c3)C(=O)O)cc2)OC1(C)C. The summed E-state index contributed by atoms with van der Waals surface area (Å²) in [5.74, 6) is -4.32. The Hall–Kier alpha value is -2.78. The molecule has 2 aromatic rings. The fourth-order valence-corrected chi connectivity index (χ4v) is 3.10. The van der Waals surface area contributed by atoms with Gasteiger partial charge in [-0.1, -0.05) is 24.3 Å². The second kappa shape index (κ2) is 8.40. The van der Waals surface area contributed by atoms with Crippen LogP contribution in [0.5, 0.6) is 0 Å². The van der Waals surface area contributed by atoms with E-state index in [-0.39, 0.29) is 12.0 Å². The van der Waals surface area contributed by atoms with Crippen molar-refractivity contribution in [3.8, 4) is 0 Å². The van der Waals surface area contributed by atoms with Crippen LogP contribution in [-0.2, 0) is 20.5 Å². The molecule has 9 heteroatoms. The lowest BCUT2D eigenvalue weighted by Gasteiger charge is -2.32. The maximum absolute atomic E-state index is 13.4. The number of carboxylic acid groups (broad SMARTS) is 1. The average molecular weight is 431 g/mol. The van der Waals surface area contributed by atoms with Gasteiger partial charge in [-0.2, -0.15) is 0 Å². The van der Waals surface area contributed by atoms with Crippen LogP contribution in [0.25, 0.3) is 0 Å². The average Bonchev–Trinajstić information content (AvgIpc) is 2.91. The third kappa shape index (κ3) is 4.94. The molecule has 0 spiro atoms. The molecular weight excluding hydrogens is 407 g/mol. The van der Waals surface area contributed by atoms with Crippen LogP contribution < -0.4 is 10.8 Å². The van der Waals surface area contributed by atoms with Crippen LogP contribution in [-0.4, -0.2) is 41.3 Å². The summed E-state index contributed by atoms with van der Waals surface area (Å²) >= 11 is 0. The van der Waals surface area contributed by atoms with Gasteiger partial charge >= 0.3 is 13.1 Å². The summed E-state index contributed by atoms with van der Waals surface area (Å²) in [7, 11) is -0.539. The Kier molecular flexibility index (Phi) is 6.20. The normalized spacial score (nSPS) is 17.9. The summed E-state index contributed by atoms with van der Waals surface area (Å²) in [5, 5.41) is 11.8. The molecule has 0 saturated carbocycles. The molecule has 2 N–H and O–H groups in total. The van der Waals surface area contributed by atoms with Gasteiger partial charge in [-0.15, -0.1) is 0 Å². The van der Waals surface area contributed by atoms with Crippen molar-refractivity contribution in [1.29, 1.82) is 0 Å². The first-order valence-corrected chi connectivity index (χ1v) is 9.83. The zero-order valence-electron chi connectivity index (χ0n) is 17.7. The number of aliphatic carboxylic acids is 1. The summed E-state index contributed by atoms with van der Waals surface area (Å²) in [5.41, 5.74) is 0.337. The van der Waals surface area contributed by atoms with Crippen molar-refractivity contribution in [2.45, 2.75) is 51.4 Å². The van der Waals surface area contributed by atoms with Crippen molar-refractivity contribution in [2.75, 3.05) is 0 Å². The molecule has 0 unspecified atom stereocenters. The number of benzene rings is 2. The van der Waals surface area contributed by atoms with Crippen LogP contribution in [0.4, 0.5) is 8.78 Å². The molecule has 1 saturated heterocycles. The molecule has 0 aliphatic carbocycles. The van der Waals surface area contributed by atoms with Crippen molar-refractivity contribution in [3.05, 3.63) is 65.2 Å². The van der Waals surface area contributed by atoms with E-state index < -0.39 is 47.9 Å². The molecule has 1 aliphatic rings. The molecule has 0 aromatic heterocycles. The van der Waals surface area contributed by atoms with E-state index in [2.05, 4.69) is 5.32 Å². The number of carbonyl (C=O) groups is 2. The van der Waals surface area contributed by atoms with Crippen molar-refractivity contribution >= 4 is 24.5 Å². The molecule has 1 fully saturated rings. The van der Waals surface area contributed by atoms with Crippen LogP contribution >= 0.6 is 0 Å². The lowest BCUT2D eigenvalue weighted by atomic mass is 9.78. The van der Waals surface area contributed by atoms with Gasteiger partial charge in [-0.05, 0) is 56.9 Å². The molecule has 1 aliphatic heterocycles. The van der Waals surface area contributed by atoms with Gasteiger partial charge in [0.25, 0.3) is 5.91 Å². The van der Waals surface area contributed by atoms with Crippen LogP contribution in [0.15, 0.2) is 42.5 Å². The highest BCUT2D eigenvalue weighted by Crippen LogP contribution is 2.36. The molecular formula is C22H24BF2NO5. The number of hydrogen-bond donors (Lipinski definition) is 2. The standard InChI is InChI=1S/C22H24BF2NO5/c1-21(2)22(3,4)31-23(30-21)15-8-5-13(6-9-15)11-18(20(28)29)26-19(27)14-7-10-16(24)17(25)12-14/h5-10,12,18H,11H2,1-4H3,(H,26,27)(H,28,29)/t18-/m0/s1. The van der Waals surface area contributed by atoms with Gasteiger partial charge in [-0.25, -0.2) is 13.6 Å². The maximum Gasteiger partial charge on any atom is 0.494 e. The van der Waals surface area contributed by atoms with Gasteiger partial charge in [0.1, 0.15) is 6.04 Å². The van der Waals surface area contributed by atoms with Gasteiger partial charge in [0.15, 0.2) is 11.6 Å². The zero-order chi connectivity index (χ0) is 23.0. The number of carbonyl (C=O) groups excluding carboxylic acids is 1. The number of nitrogens with one attached hydrogen (secondary N) is 1. The molecule has 1 heterocycles. The molecule has 31 heavy (non-hydrogen) atoms. The third-order valence-electron chi connectivity index (χ3n) is 5.73. The fourth-order valence-electron chi connectivity index (χ4n) is 3.10. The minimum atomic E-state index is -1.25. The lowest BCUT2D eigenvalue weighted by molar-refractivity contribution is -0.139. The fraction of sp³-hybridized carbons (Fsp3) is 0.364. The Morgan fingerprint density at radius 3 is 2.10 bits per heavy atom. The van der Waals surface area contributed by atoms with Gasteiger partial charge < -0.3 is 19.7 Å². The number of amides is 1. The Morgan fingerprint density at radius 2 is 1.58 bits per heavy atom. The van der Waals surface area contributed by atoms with Crippen LogP contribution in [0, 0.1) is 11.6 Å². The Bertz CT molecular complexity index is 978. The molecule has 1 amide bonds. The number of rotatable bonds is 6. The molecule has 0 radical (unpaired) electrons. The lowest BCUT2D eigenvalue weighted by Crippen LogP contribution is -2.42. The van der Waals surface area contributed by atoms with E-state index >= 15 is 0 Å². The number of halogens is 2. The Labute approximate surface area is 179 Å². The first-order valence-electron chi connectivity index (χ1n) is 9.83.